The summed E-state index contributed by atoms with van der Waals surface area (Å²) < 4.78 is 27.0. The van der Waals surface area contributed by atoms with E-state index in [2.05, 4.69) is 48.0 Å². The molecule has 0 fully saturated rings. The minimum Gasteiger partial charge on any atom is -0.341 e. The van der Waals surface area contributed by atoms with Crippen LogP contribution in [0.15, 0.2) is 36.4 Å². The Morgan fingerprint density at radius 3 is 2.39 bits per heavy atom. The van der Waals surface area contributed by atoms with Gasteiger partial charge in [0.05, 0.1) is 0 Å². The number of hydrogen-bond acceptors (Lipinski definition) is 2. The lowest BCUT2D eigenvalue weighted by Gasteiger charge is -2.19. The van der Waals surface area contributed by atoms with E-state index in [4.69, 9.17) is 0 Å². The van der Waals surface area contributed by atoms with Crippen molar-refractivity contribution in [3.05, 3.63) is 70.3 Å². The van der Waals surface area contributed by atoms with Crippen molar-refractivity contribution in [1.29, 1.82) is 0 Å². The molecule has 0 saturated carbocycles. The van der Waals surface area contributed by atoms with E-state index in [1.807, 2.05) is 0 Å². The molecule has 0 aliphatic carbocycles. The van der Waals surface area contributed by atoms with Gasteiger partial charge in [-0.2, -0.15) is 0 Å². The second-order valence-corrected chi connectivity index (χ2v) is 7.93. The molecule has 1 atom stereocenters. The van der Waals surface area contributed by atoms with Crippen molar-refractivity contribution in [3.63, 3.8) is 0 Å². The highest BCUT2D eigenvalue weighted by Gasteiger charge is 2.14. The maximum Gasteiger partial charge on any atom is 0.314 e. The molecule has 0 aliphatic heterocycles. The Labute approximate surface area is 184 Å². The molecule has 4 nitrogen and oxygen atoms in total. The van der Waals surface area contributed by atoms with Crippen LogP contribution in [-0.2, 0) is 25.8 Å². The van der Waals surface area contributed by atoms with E-state index in [0.717, 1.165) is 25.5 Å². The standard InChI is InChI=1S/C25H35F2N3O/c1-4-6-7-21-9-8-18(12-20(21)5-2)17-29-11-10-24(30-25(31)28-3)15-19-13-22(26)16-23(27)14-19/h8-9,12-14,16,24,29H,4-7,10-11,15,17H2,1-3H3,(H2,28,30,31)/t24-/m0/s1. The molecule has 0 radical (unpaired) electrons. The Morgan fingerprint density at radius 1 is 1.00 bits per heavy atom. The number of hydrogen-bond donors (Lipinski definition) is 3. The van der Waals surface area contributed by atoms with Crippen LogP contribution in [0.4, 0.5) is 13.6 Å². The predicted octanol–water partition coefficient (Wildman–Crippen LogP) is 4.89. The van der Waals surface area contributed by atoms with Crippen molar-refractivity contribution < 1.29 is 13.6 Å². The number of urea groups is 1. The smallest absolute Gasteiger partial charge is 0.314 e. The normalized spacial score (nSPS) is 11.9. The second kappa shape index (κ2) is 13.1. The number of benzene rings is 2. The molecule has 2 aromatic rings. The number of halogens is 2. The molecule has 170 valence electrons. The molecule has 2 amide bonds. The average molecular weight is 432 g/mol. The SMILES string of the molecule is CCCCc1ccc(CNCC[C@@H](Cc2cc(F)cc(F)c2)NC(=O)NC)cc1CC. The molecule has 0 unspecified atom stereocenters. The molecule has 2 rings (SSSR count). The number of carbonyl (C=O) groups is 1. The molecule has 31 heavy (non-hydrogen) atoms. The van der Waals surface area contributed by atoms with E-state index in [-0.39, 0.29) is 12.1 Å². The van der Waals surface area contributed by atoms with E-state index in [1.165, 1.54) is 41.7 Å². The topological polar surface area (TPSA) is 53.2 Å². The molecule has 0 bridgehead atoms. The molecule has 6 heteroatoms. The van der Waals surface area contributed by atoms with Gasteiger partial charge in [0.2, 0.25) is 0 Å². The van der Waals surface area contributed by atoms with Crippen LogP contribution in [0.25, 0.3) is 0 Å². The third kappa shape index (κ3) is 8.66. The number of nitrogens with one attached hydrogen (secondary N) is 3. The van der Waals surface area contributed by atoms with Crippen molar-refractivity contribution in [3.8, 4) is 0 Å². The second-order valence-electron chi connectivity index (χ2n) is 7.93. The van der Waals surface area contributed by atoms with Crippen molar-refractivity contribution in [2.24, 2.45) is 0 Å². The number of unbranched alkanes of at least 4 members (excludes halogenated alkanes) is 1. The van der Waals surface area contributed by atoms with Gasteiger partial charge >= 0.3 is 6.03 Å². The maximum atomic E-state index is 13.5. The lowest BCUT2D eigenvalue weighted by molar-refractivity contribution is 0.238. The van der Waals surface area contributed by atoms with Crippen LogP contribution in [0.3, 0.4) is 0 Å². The number of carbonyl (C=O) groups excluding carboxylic acids is 1. The summed E-state index contributed by atoms with van der Waals surface area (Å²) in [6.07, 6.45) is 5.55. The summed E-state index contributed by atoms with van der Waals surface area (Å²) >= 11 is 0. The van der Waals surface area contributed by atoms with Gasteiger partial charge in [-0.1, -0.05) is 38.5 Å². The van der Waals surface area contributed by atoms with E-state index in [0.29, 0.717) is 24.9 Å². The van der Waals surface area contributed by atoms with Gasteiger partial charge in [0.15, 0.2) is 0 Å². The highest BCUT2D eigenvalue weighted by molar-refractivity contribution is 5.73. The summed E-state index contributed by atoms with van der Waals surface area (Å²) in [5.74, 6) is -1.22. The zero-order valence-electron chi connectivity index (χ0n) is 18.9. The summed E-state index contributed by atoms with van der Waals surface area (Å²) in [5.41, 5.74) is 4.60. The lowest BCUT2D eigenvalue weighted by Crippen LogP contribution is -2.43. The zero-order chi connectivity index (χ0) is 22.6. The third-order valence-electron chi connectivity index (χ3n) is 5.42. The largest absolute Gasteiger partial charge is 0.341 e. The summed E-state index contributed by atoms with van der Waals surface area (Å²) in [6.45, 7) is 5.81. The number of rotatable bonds is 12. The summed E-state index contributed by atoms with van der Waals surface area (Å²) in [4.78, 5) is 11.8. The minimum atomic E-state index is -0.610. The van der Waals surface area contributed by atoms with Crippen LogP contribution in [0.5, 0.6) is 0 Å². The van der Waals surface area contributed by atoms with Gasteiger partial charge in [-0.15, -0.1) is 0 Å². The van der Waals surface area contributed by atoms with Gasteiger partial charge in [-0.25, -0.2) is 13.6 Å². The van der Waals surface area contributed by atoms with Crippen molar-refractivity contribution in [1.82, 2.24) is 16.0 Å². The maximum absolute atomic E-state index is 13.5. The molecular weight excluding hydrogens is 396 g/mol. The summed E-state index contributed by atoms with van der Waals surface area (Å²) in [5, 5.41) is 8.82. The molecule has 0 aliphatic rings. The van der Waals surface area contributed by atoms with Crippen molar-refractivity contribution >= 4 is 6.03 Å². The first kappa shape index (κ1) is 24.8. The molecule has 3 N–H and O–H groups in total. The van der Waals surface area contributed by atoms with Gasteiger partial charge < -0.3 is 16.0 Å². The van der Waals surface area contributed by atoms with Crippen molar-refractivity contribution in [2.45, 2.75) is 65.0 Å². The lowest BCUT2D eigenvalue weighted by atomic mass is 9.97. The predicted molar refractivity (Wildman–Crippen MR) is 122 cm³/mol. The Balaban J connectivity index is 1.92. The molecule has 2 aromatic carbocycles. The van der Waals surface area contributed by atoms with Crippen LogP contribution in [0.1, 0.15) is 55.4 Å². The van der Waals surface area contributed by atoms with Gasteiger partial charge in [-0.3, -0.25) is 0 Å². The van der Waals surface area contributed by atoms with Crippen LogP contribution in [0, 0.1) is 11.6 Å². The summed E-state index contributed by atoms with van der Waals surface area (Å²) in [7, 11) is 1.54. The Bertz CT molecular complexity index is 821. The van der Waals surface area contributed by atoms with Gasteiger partial charge in [0.1, 0.15) is 11.6 Å². The molecular formula is C25H35F2N3O. The molecule has 0 heterocycles. The fraction of sp³-hybridized carbons (Fsp3) is 0.480. The highest BCUT2D eigenvalue weighted by atomic mass is 19.1. The van der Waals surface area contributed by atoms with E-state index >= 15 is 0 Å². The Kier molecular flexibility index (Phi) is 10.4. The minimum absolute atomic E-state index is 0.240. The van der Waals surface area contributed by atoms with Crippen LogP contribution >= 0.6 is 0 Å². The first-order valence-corrected chi connectivity index (χ1v) is 11.2. The van der Waals surface area contributed by atoms with Crippen molar-refractivity contribution in [2.75, 3.05) is 13.6 Å². The van der Waals surface area contributed by atoms with Crippen LogP contribution < -0.4 is 16.0 Å². The fourth-order valence-corrected chi connectivity index (χ4v) is 3.73. The molecule has 0 spiro atoms. The van der Waals surface area contributed by atoms with Crippen LogP contribution in [-0.4, -0.2) is 25.7 Å². The average Bonchev–Trinajstić information content (AvgIpc) is 2.74. The van der Waals surface area contributed by atoms with E-state index in [9.17, 15) is 13.6 Å². The quantitative estimate of drug-likeness (QED) is 0.419. The van der Waals surface area contributed by atoms with Gasteiger partial charge in [0, 0.05) is 25.7 Å². The van der Waals surface area contributed by atoms with E-state index in [1.54, 1.807) is 7.05 Å². The Morgan fingerprint density at radius 2 is 1.74 bits per heavy atom. The Hall–Kier alpha value is -2.47. The first-order chi connectivity index (χ1) is 14.9. The monoisotopic (exact) mass is 431 g/mol. The van der Waals surface area contributed by atoms with Gasteiger partial charge in [-0.05, 0) is 73.0 Å². The fourth-order valence-electron chi connectivity index (χ4n) is 3.73. The number of aryl methyl sites for hydroxylation is 2. The zero-order valence-corrected chi connectivity index (χ0v) is 18.9. The van der Waals surface area contributed by atoms with E-state index < -0.39 is 11.6 Å². The molecule has 0 aromatic heterocycles. The van der Waals surface area contributed by atoms with Gasteiger partial charge in [0.25, 0.3) is 0 Å². The first-order valence-electron chi connectivity index (χ1n) is 11.2. The molecule has 0 saturated heterocycles. The third-order valence-corrected chi connectivity index (χ3v) is 5.42. The highest BCUT2D eigenvalue weighted by Crippen LogP contribution is 2.16. The number of amides is 2. The van der Waals surface area contributed by atoms with Crippen LogP contribution in [0.2, 0.25) is 0 Å². The summed E-state index contributed by atoms with van der Waals surface area (Å²) in [6, 6.07) is 9.60.